The number of hydrogen-bond donors (Lipinski definition) is 2. The third-order valence-electron chi connectivity index (χ3n) is 2.69. The molecule has 0 aliphatic carbocycles. The van der Waals surface area contributed by atoms with Crippen LogP contribution in [0.4, 0.5) is 0 Å². The van der Waals surface area contributed by atoms with Gasteiger partial charge in [0, 0.05) is 13.5 Å². The maximum atomic E-state index is 11.0. The van der Waals surface area contributed by atoms with Gasteiger partial charge in [-0.15, -0.1) is 0 Å². The van der Waals surface area contributed by atoms with E-state index in [1.165, 1.54) is 13.3 Å². The van der Waals surface area contributed by atoms with Crippen molar-refractivity contribution in [2.75, 3.05) is 5.75 Å². The predicted molar refractivity (Wildman–Crippen MR) is 80.9 cm³/mol. The first-order valence-corrected chi connectivity index (χ1v) is 8.00. The molecular weight excluding hydrogens is 292 g/mol. The molecule has 1 aromatic rings. The van der Waals surface area contributed by atoms with E-state index in [2.05, 4.69) is 29.2 Å². The summed E-state index contributed by atoms with van der Waals surface area (Å²) in [4.78, 5) is 26.1. The molecule has 1 aromatic heterocycles. The third kappa shape index (κ3) is 6.61. The molecule has 0 radical (unpaired) electrons. The van der Waals surface area contributed by atoms with Crippen LogP contribution in [0.2, 0.25) is 0 Å². The second-order valence-corrected chi connectivity index (χ2v) is 6.29. The number of carbonyl (C=O) groups excluding carboxylic acids is 1. The Morgan fingerprint density at radius 1 is 1.48 bits per heavy atom. The van der Waals surface area contributed by atoms with Gasteiger partial charge in [0.15, 0.2) is 0 Å². The zero-order chi connectivity index (χ0) is 15.8. The van der Waals surface area contributed by atoms with Crippen LogP contribution in [0.5, 0.6) is 0 Å². The van der Waals surface area contributed by atoms with E-state index in [4.69, 9.17) is 5.11 Å². The molecule has 8 heteroatoms. The summed E-state index contributed by atoms with van der Waals surface area (Å²) in [7, 11) is 0. The number of carboxylic acids is 1. The fourth-order valence-electron chi connectivity index (χ4n) is 1.77. The molecule has 2 N–H and O–H groups in total. The van der Waals surface area contributed by atoms with Gasteiger partial charge in [-0.05, 0) is 18.1 Å². The topological polar surface area (TPSA) is 97.1 Å². The quantitative estimate of drug-likeness (QED) is 0.664. The lowest BCUT2D eigenvalue weighted by molar-refractivity contribution is -0.141. The van der Waals surface area contributed by atoms with Crippen molar-refractivity contribution in [2.24, 2.45) is 5.92 Å². The molecule has 0 saturated heterocycles. The fraction of sp³-hybridized carbons (Fsp3) is 0.692. The van der Waals surface area contributed by atoms with Gasteiger partial charge < -0.3 is 10.4 Å². The molecule has 0 saturated carbocycles. The summed E-state index contributed by atoms with van der Waals surface area (Å²) >= 11 is 1.59. The zero-order valence-electron chi connectivity index (χ0n) is 12.6. The van der Waals surface area contributed by atoms with E-state index < -0.39 is 12.0 Å². The summed E-state index contributed by atoms with van der Waals surface area (Å²) in [5, 5.41) is 15.6. The van der Waals surface area contributed by atoms with Crippen molar-refractivity contribution < 1.29 is 14.7 Å². The lowest BCUT2D eigenvalue weighted by Crippen LogP contribution is -2.39. The molecule has 1 atom stereocenters. The van der Waals surface area contributed by atoms with Crippen molar-refractivity contribution in [1.82, 2.24) is 20.1 Å². The van der Waals surface area contributed by atoms with Crippen molar-refractivity contribution in [3.05, 3.63) is 12.2 Å². The number of rotatable bonds is 9. The Kier molecular flexibility index (Phi) is 7.21. The summed E-state index contributed by atoms with van der Waals surface area (Å²) in [5.74, 6) is 1.36. The molecule has 21 heavy (non-hydrogen) atoms. The summed E-state index contributed by atoms with van der Waals surface area (Å²) < 4.78 is 1.88. The van der Waals surface area contributed by atoms with Gasteiger partial charge >= 0.3 is 5.97 Å². The Morgan fingerprint density at radius 2 is 2.19 bits per heavy atom. The number of hydrogen-bond acceptors (Lipinski definition) is 5. The van der Waals surface area contributed by atoms with Gasteiger partial charge in [-0.1, -0.05) is 13.8 Å². The van der Waals surface area contributed by atoms with Crippen molar-refractivity contribution >= 4 is 23.6 Å². The Morgan fingerprint density at radius 3 is 2.76 bits per heavy atom. The summed E-state index contributed by atoms with van der Waals surface area (Å²) in [6.07, 6.45) is 1.92. The average molecular weight is 314 g/mol. The van der Waals surface area contributed by atoms with Crippen LogP contribution in [0.3, 0.4) is 0 Å². The molecule has 0 bridgehead atoms. The maximum absolute atomic E-state index is 11.0. The summed E-state index contributed by atoms with van der Waals surface area (Å²) in [6, 6.07) is -0.830. The number of carbonyl (C=O) groups is 2. The van der Waals surface area contributed by atoms with Crippen LogP contribution in [-0.2, 0) is 21.9 Å². The molecule has 0 fully saturated rings. The van der Waals surface area contributed by atoms with E-state index in [0.717, 1.165) is 12.4 Å². The number of amides is 1. The highest BCUT2D eigenvalue weighted by atomic mass is 32.2. The number of aliphatic carboxylic acids is 1. The van der Waals surface area contributed by atoms with Crippen LogP contribution in [0.25, 0.3) is 0 Å². The lowest BCUT2D eigenvalue weighted by atomic mass is 10.2. The summed E-state index contributed by atoms with van der Waals surface area (Å²) in [6.45, 7) is 6.37. The highest BCUT2D eigenvalue weighted by Gasteiger charge is 2.17. The second kappa shape index (κ2) is 8.66. The number of carboxylic acid groups (broad SMARTS) is 1. The highest BCUT2D eigenvalue weighted by molar-refractivity contribution is 7.98. The second-order valence-electron chi connectivity index (χ2n) is 5.18. The maximum Gasteiger partial charge on any atom is 0.326 e. The van der Waals surface area contributed by atoms with Crippen LogP contribution < -0.4 is 5.32 Å². The molecule has 1 unspecified atom stereocenters. The van der Waals surface area contributed by atoms with E-state index in [1.54, 1.807) is 11.8 Å². The van der Waals surface area contributed by atoms with E-state index in [-0.39, 0.29) is 5.91 Å². The molecule has 118 valence electrons. The first-order valence-electron chi connectivity index (χ1n) is 6.84. The Bertz CT molecular complexity index is 476. The van der Waals surface area contributed by atoms with E-state index in [9.17, 15) is 9.59 Å². The standard InChI is InChI=1S/C13H22N4O3S/c1-9(2)6-17-12(14-8-15-17)7-21-5-4-11(13(19)20)16-10(3)18/h8-9,11H,4-7H2,1-3H3,(H,16,18)(H,19,20). The van der Waals surface area contributed by atoms with Crippen LogP contribution in [-0.4, -0.2) is 43.5 Å². The molecule has 7 nitrogen and oxygen atoms in total. The number of aromatic nitrogens is 3. The van der Waals surface area contributed by atoms with Crippen LogP contribution in [0, 0.1) is 5.92 Å². The molecule has 0 spiro atoms. The highest BCUT2D eigenvalue weighted by Crippen LogP contribution is 2.13. The van der Waals surface area contributed by atoms with Crippen molar-refractivity contribution in [3.8, 4) is 0 Å². The third-order valence-corrected chi connectivity index (χ3v) is 3.68. The Hall–Kier alpha value is -1.57. The molecule has 0 aromatic carbocycles. The van der Waals surface area contributed by atoms with E-state index in [1.807, 2.05) is 4.68 Å². The zero-order valence-corrected chi connectivity index (χ0v) is 13.4. The van der Waals surface area contributed by atoms with Crippen molar-refractivity contribution in [2.45, 2.75) is 45.5 Å². The lowest BCUT2D eigenvalue weighted by Gasteiger charge is -2.13. The van der Waals surface area contributed by atoms with Crippen LogP contribution in [0.1, 0.15) is 33.0 Å². The first kappa shape index (κ1) is 17.5. The molecule has 1 heterocycles. The number of nitrogens with one attached hydrogen (secondary N) is 1. The Labute approximate surface area is 128 Å². The molecule has 1 amide bonds. The number of thioether (sulfide) groups is 1. The largest absolute Gasteiger partial charge is 0.480 e. The predicted octanol–water partition coefficient (Wildman–Crippen LogP) is 1.15. The molecule has 0 aliphatic rings. The minimum absolute atomic E-state index is 0.330. The van der Waals surface area contributed by atoms with Crippen LogP contribution in [0.15, 0.2) is 6.33 Å². The minimum Gasteiger partial charge on any atom is -0.480 e. The van der Waals surface area contributed by atoms with Gasteiger partial charge in [-0.3, -0.25) is 4.79 Å². The van der Waals surface area contributed by atoms with Gasteiger partial charge in [0.25, 0.3) is 0 Å². The van der Waals surface area contributed by atoms with Crippen molar-refractivity contribution in [1.29, 1.82) is 0 Å². The Balaban J connectivity index is 2.38. The minimum atomic E-state index is -1.01. The molecule has 1 rings (SSSR count). The molecular formula is C13H22N4O3S. The van der Waals surface area contributed by atoms with Gasteiger partial charge in [0.05, 0.1) is 5.75 Å². The fourth-order valence-corrected chi connectivity index (χ4v) is 2.72. The smallest absolute Gasteiger partial charge is 0.326 e. The SMILES string of the molecule is CC(=O)NC(CCSCc1ncnn1CC(C)C)C(=O)O. The van der Waals surface area contributed by atoms with Gasteiger partial charge in [0.2, 0.25) is 5.91 Å². The average Bonchev–Trinajstić information content (AvgIpc) is 2.79. The van der Waals surface area contributed by atoms with E-state index in [0.29, 0.717) is 23.8 Å². The van der Waals surface area contributed by atoms with E-state index >= 15 is 0 Å². The monoisotopic (exact) mass is 314 g/mol. The van der Waals surface area contributed by atoms with Gasteiger partial charge in [0.1, 0.15) is 18.2 Å². The summed E-state index contributed by atoms with van der Waals surface area (Å²) in [5.41, 5.74) is 0. The van der Waals surface area contributed by atoms with Gasteiger partial charge in [-0.25, -0.2) is 14.5 Å². The molecule has 0 aliphatic heterocycles. The normalized spacial score (nSPS) is 12.4. The van der Waals surface area contributed by atoms with Gasteiger partial charge in [-0.2, -0.15) is 16.9 Å². The first-order chi connectivity index (χ1) is 9.90. The van der Waals surface area contributed by atoms with Crippen LogP contribution >= 0.6 is 11.8 Å². The number of nitrogens with zero attached hydrogens (tertiary/aromatic N) is 3. The van der Waals surface area contributed by atoms with Crippen molar-refractivity contribution in [3.63, 3.8) is 0 Å².